The van der Waals surface area contributed by atoms with Crippen molar-refractivity contribution in [2.45, 2.75) is 32.9 Å². The third-order valence-corrected chi connectivity index (χ3v) is 5.40. The molecule has 0 unspecified atom stereocenters. The lowest BCUT2D eigenvalue weighted by atomic mass is 10.1. The molecule has 3 heterocycles. The fraction of sp³-hybridized carbons (Fsp3) is 0.318. The number of hydrogen-bond acceptors (Lipinski definition) is 3. The van der Waals surface area contributed by atoms with Crippen LogP contribution in [0.3, 0.4) is 0 Å². The van der Waals surface area contributed by atoms with Crippen LogP contribution in [0.4, 0.5) is 0 Å². The van der Waals surface area contributed by atoms with Gasteiger partial charge in [-0.25, -0.2) is 4.68 Å². The van der Waals surface area contributed by atoms with Crippen molar-refractivity contribution in [3.05, 3.63) is 76.6 Å². The molecule has 0 amide bonds. The van der Waals surface area contributed by atoms with Crippen LogP contribution >= 0.6 is 0 Å². The molecule has 4 heteroatoms. The van der Waals surface area contributed by atoms with Crippen molar-refractivity contribution >= 4 is 0 Å². The zero-order valence-corrected chi connectivity index (χ0v) is 15.1. The lowest BCUT2D eigenvalue weighted by Crippen LogP contribution is -2.29. The van der Waals surface area contributed by atoms with Crippen LogP contribution < -0.4 is 4.74 Å². The molecule has 0 aliphatic carbocycles. The summed E-state index contributed by atoms with van der Waals surface area (Å²) >= 11 is 0. The van der Waals surface area contributed by atoms with Crippen LogP contribution in [0.1, 0.15) is 27.9 Å². The summed E-state index contributed by atoms with van der Waals surface area (Å²) in [4.78, 5) is 2.50. The minimum Gasteiger partial charge on any atom is -0.493 e. The fourth-order valence-corrected chi connectivity index (χ4v) is 3.90. The number of aromatic nitrogens is 2. The second kappa shape index (κ2) is 6.29. The van der Waals surface area contributed by atoms with E-state index in [2.05, 4.69) is 60.5 Å². The highest BCUT2D eigenvalue weighted by Gasteiger charge is 2.21. The third kappa shape index (κ3) is 2.90. The number of ether oxygens (including phenoxy) is 1. The van der Waals surface area contributed by atoms with E-state index >= 15 is 0 Å². The number of fused-ring (bicyclic) bond motifs is 2. The Morgan fingerprint density at radius 3 is 2.81 bits per heavy atom. The molecule has 2 aromatic carbocycles. The van der Waals surface area contributed by atoms with Gasteiger partial charge in [-0.2, -0.15) is 5.10 Å². The van der Waals surface area contributed by atoms with Crippen LogP contribution in [0.2, 0.25) is 0 Å². The highest BCUT2D eigenvalue weighted by molar-refractivity contribution is 5.40. The summed E-state index contributed by atoms with van der Waals surface area (Å²) in [5.41, 5.74) is 7.66. The van der Waals surface area contributed by atoms with Gasteiger partial charge in [0.05, 0.1) is 18.0 Å². The van der Waals surface area contributed by atoms with Gasteiger partial charge in [0.25, 0.3) is 0 Å². The molecule has 132 valence electrons. The van der Waals surface area contributed by atoms with Crippen molar-refractivity contribution in [2.24, 2.45) is 0 Å². The highest BCUT2D eigenvalue weighted by Crippen LogP contribution is 2.28. The van der Waals surface area contributed by atoms with Gasteiger partial charge in [0.1, 0.15) is 5.75 Å². The first kappa shape index (κ1) is 15.6. The van der Waals surface area contributed by atoms with Gasteiger partial charge in [-0.05, 0) is 36.2 Å². The number of aryl methyl sites for hydroxylation is 1. The molecule has 0 saturated heterocycles. The first-order valence-corrected chi connectivity index (χ1v) is 9.36. The Balaban J connectivity index is 1.33. The average molecular weight is 345 g/mol. The summed E-state index contributed by atoms with van der Waals surface area (Å²) in [6.45, 7) is 5.91. The van der Waals surface area contributed by atoms with Gasteiger partial charge in [-0.1, -0.05) is 29.8 Å². The summed E-state index contributed by atoms with van der Waals surface area (Å²) in [5.74, 6) is 1.08. The van der Waals surface area contributed by atoms with Crippen molar-refractivity contribution in [1.82, 2.24) is 14.7 Å². The summed E-state index contributed by atoms with van der Waals surface area (Å²) in [6.07, 6.45) is 4.24. The quantitative estimate of drug-likeness (QED) is 0.725. The minimum absolute atomic E-state index is 0.823. The van der Waals surface area contributed by atoms with E-state index in [1.807, 2.05) is 4.68 Å². The van der Waals surface area contributed by atoms with Crippen LogP contribution in [-0.4, -0.2) is 27.8 Å². The van der Waals surface area contributed by atoms with Crippen LogP contribution in [0.5, 0.6) is 5.75 Å². The maximum Gasteiger partial charge on any atom is 0.122 e. The molecule has 4 nitrogen and oxygen atoms in total. The van der Waals surface area contributed by atoms with E-state index in [0.717, 1.165) is 50.5 Å². The summed E-state index contributed by atoms with van der Waals surface area (Å²) in [5, 5.41) is 4.81. The second-order valence-corrected chi connectivity index (χ2v) is 7.38. The van der Waals surface area contributed by atoms with E-state index < -0.39 is 0 Å². The zero-order valence-electron chi connectivity index (χ0n) is 15.1. The van der Waals surface area contributed by atoms with E-state index in [9.17, 15) is 0 Å². The van der Waals surface area contributed by atoms with E-state index in [1.54, 1.807) is 0 Å². The minimum atomic E-state index is 0.823. The standard InChI is InChI=1S/C22H23N3O/c1-16-2-6-20(7-3-16)25-15-19-14-24(10-8-21(19)23-25)13-17-4-5-18-9-11-26-22(18)12-17/h2-7,12,15H,8-11,13-14H2,1H3. The van der Waals surface area contributed by atoms with Gasteiger partial charge in [-0.15, -0.1) is 0 Å². The number of benzene rings is 2. The number of hydrogen-bond donors (Lipinski definition) is 0. The van der Waals surface area contributed by atoms with Gasteiger partial charge in [0.2, 0.25) is 0 Å². The third-order valence-electron chi connectivity index (χ3n) is 5.40. The summed E-state index contributed by atoms with van der Waals surface area (Å²) in [7, 11) is 0. The Hall–Kier alpha value is -2.59. The smallest absolute Gasteiger partial charge is 0.122 e. The van der Waals surface area contributed by atoms with E-state index in [4.69, 9.17) is 9.84 Å². The van der Waals surface area contributed by atoms with Crippen LogP contribution in [-0.2, 0) is 25.9 Å². The first-order valence-electron chi connectivity index (χ1n) is 9.36. The topological polar surface area (TPSA) is 30.3 Å². The molecule has 0 spiro atoms. The molecule has 0 fully saturated rings. The Labute approximate surface area is 154 Å². The molecule has 2 aliphatic heterocycles. The number of rotatable bonds is 3. The van der Waals surface area contributed by atoms with Crippen molar-refractivity contribution < 1.29 is 4.74 Å². The monoisotopic (exact) mass is 345 g/mol. The molecule has 0 saturated carbocycles. The summed E-state index contributed by atoms with van der Waals surface area (Å²) < 4.78 is 7.74. The maximum atomic E-state index is 5.71. The Morgan fingerprint density at radius 1 is 1.04 bits per heavy atom. The fourth-order valence-electron chi connectivity index (χ4n) is 3.90. The normalized spacial score (nSPS) is 16.2. The maximum absolute atomic E-state index is 5.71. The largest absolute Gasteiger partial charge is 0.493 e. The number of nitrogens with zero attached hydrogens (tertiary/aromatic N) is 3. The van der Waals surface area contributed by atoms with Gasteiger partial charge >= 0.3 is 0 Å². The van der Waals surface area contributed by atoms with Crippen LogP contribution in [0.15, 0.2) is 48.7 Å². The molecular formula is C22H23N3O. The molecule has 1 aromatic heterocycles. The van der Waals surface area contributed by atoms with Crippen molar-refractivity contribution in [3.8, 4) is 11.4 Å². The van der Waals surface area contributed by atoms with Gasteiger partial charge < -0.3 is 4.74 Å². The molecule has 0 bridgehead atoms. The molecule has 0 atom stereocenters. The average Bonchev–Trinajstić information content (AvgIpc) is 3.28. The van der Waals surface area contributed by atoms with Gasteiger partial charge in [0.15, 0.2) is 0 Å². The molecular weight excluding hydrogens is 322 g/mol. The molecule has 2 aliphatic rings. The Morgan fingerprint density at radius 2 is 1.92 bits per heavy atom. The Kier molecular flexibility index (Phi) is 3.79. The lowest BCUT2D eigenvalue weighted by Gasteiger charge is -2.26. The molecule has 3 aromatic rings. The Bertz CT molecular complexity index is 943. The van der Waals surface area contributed by atoms with Gasteiger partial charge in [-0.3, -0.25) is 4.90 Å². The molecule has 0 N–H and O–H groups in total. The van der Waals surface area contributed by atoms with Crippen molar-refractivity contribution in [2.75, 3.05) is 13.2 Å². The SMILES string of the molecule is Cc1ccc(-n2cc3c(n2)CCN(Cc2ccc4c(c2)OCC4)C3)cc1. The molecule has 26 heavy (non-hydrogen) atoms. The lowest BCUT2D eigenvalue weighted by molar-refractivity contribution is 0.244. The first-order chi connectivity index (χ1) is 12.7. The zero-order chi connectivity index (χ0) is 17.5. The highest BCUT2D eigenvalue weighted by atomic mass is 16.5. The van der Waals surface area contributed by atoms with Crippen LogP contribution in [0.25, 0.3) is 5.69 Å². The van der Waals surface area contributed by atoms with Crippen molar-refractivity contribution in [3.63, 3.8) is 0 Å². The molecule has 5 rings (SSSR count). The predicted molar refractivity (Wildman–Crippen MR) is 102 cm³/mol. The van der Waals surface area contributed by atoms with E-state index in [0.29, 0.717) is 0 Å². The van der Waals surface area contributed by atoms with Crippen molar-refractivity contribution in [1.29, 1.82) is 0 Å². The molecule has 0 radical (unpaired) electrons. The van der Waals surface area contributed by atoms with E-state index in [-0.39, 0.29) is 0 Å². The van der Waals surface area contributed by atoms with E-state index in [1.165, 1.54) is 27.9 Å². The second-order valence-electron chi connectivity index (χ2n) is 7.38. The van der Waals surface area contributed by atoms with Gasteiger partial charge in [0, 0.05) is 44.2 Å². The van der Waals surface area contributed by atoms with Crippen LogP contribution in [0, 0.1) is 6.92 Å². The summed E-state index contributed by atoms with van der Waals surface area (Å²) in [6, 6.07) is 15.2. The predicted octanol–water partition coefficient (Wildman–Crippen LogP) is 3.67.